The highest BCUT2D eigenvalue weighted by molar-refractivity contribution is 7.89. The lowest BCUT2D eigenvalue weighted by Crippen LogP contribution is -2.43. The van der Waals surface area contributed by atoms with Crippen LogP contribution in [0.15, 0.2) is 29.2 Å². The molecule has 0 bridgehead atoms. The van der Waals surface area contributed by atoms with Crippen LogP contribution in [0.2, 0.25) is 0 Å². The molecule has 1 aromatic carbocycles. The van der Waals surface area contributed by atoms with Gasteiger partial charge in [-0.25, -0.2) is 12.7 Å². The molecule has 0 aromatic heterocycles. The van der Waals surface area contributed by atoms with E-state index in [-0.39, 0.29) is 17.5 Å². The van der Waals surface area contributed by atoms with Gasteiger partial charge < -0.3 is 10.6 Å². The fraction of sp³-hybridized carbons (Fsp3) is 0.467. The van der Waals surface area contributed by atoms with E-state index < -0.39 is 21.8 Å². The summed E-state index contributed by atoms with van der Waals surface area (Å²) in [7, 11) is -0.557. The Labute approximate surface area is 137 Å². The second-order valence-electron chi connectivity index (χ2n) is 5.40. The molecule has 0 aliphatic carbocycles. The van der Waals surface area contributed by atoms with Crippen LogP contribution in [0.1, 0.15) is 25.8 Å². The van der Waals surface area contributed by atoms with Crippen molar-refractivity contribution in [2.75, 3.05) is 14.1 Å². The van der Waals surface area contributed by atoms with Crippen molar-refractivity contribution in [1.82, 2.24) is 14.9 Å². The van der Waals surface area contributed by atoms with Gasteiger partial charge in [-0.05, 0) is 31.0 Å². The number of amides is 2. The second kappa shape index (κ2) is 8.07. The summed E-state index contributed by atoms with van der Waals surface area (Å²) in [6.07, 6.45) is 0.737. The lowest BCUT2D eigenvalue weighted by molar-refractivity contribution is -0.139. The fourth-order valence-corrected chi connectivity index (χ4v) is 2.55. The summed E-state index contributed by atoms with van der Waals surface area (Å²) in [6.45, 7) is 3.87. The first-order valence-corrected chi connectivity index (χ1v) is 8.72. The van der Waals surface area contributed by atoms with Gasteiger partial charge in [0, 0.05) is 26.7 Å². The molecule has 1 atom stereocenters. The van der Waals surface area contributed by atoms with Gasteiger partial charge >= 0.3 is 11.8 Å². The standard InChI is InChI=1S/C15H23N3O4S/c1-5-11(2)17-15(20)14(19)16-10-12-6-8-13(9-7-12)23(21,22)18(3)4/h6-9,11H,5,10H2,1-4H3,(H,16,19)(H,17,20)/t11-/m0/s1. The zero-order valence-electron chi connectivity index (χ0n) is 13.8. The number of hydrogen-bond donors (Lipinski definition) is 2. The van der Waals surface area contributed by atoms with Crippen LogP contribution in [-0.4, -0.2) is 44.7 Å². The minimum Gasteiger partial charge on any atom is -0.345 e. The second-order valence-corrected chi connectivity index (χ2v) is 7.55. The molecule has 1 aromatic rings. The molecule has 0 saturated carbocycles. The monoisotopic (exact) mass is 341 g/mol. The SMILES string of the molecule is CC[C@H](C)NC(=O)C(=O)NCc1ccc(S(=O)(=O)N(C)C)cc1. The molecule has 8 heteroatoms. The summed E-state index contributed by atoms with van der Waals surface area (Å²) < 4.78 is 25.0. The molecule has 23 heavy (non-hydrogen) atoms. The topological polar surface area (TPSA) is 95.6 Å². The summed E-state index contributed by atoms with van der Waals surface area (Å²) in [5.41, 5.74) is 0.701. The Hall–Kier alpha value is -1.93. The summed E-state index contributed by atoms with van der Waals surface area (Å²) in [5, 5.41) is 5.07. The number of sulfonamides is 1. The van der Waals surface area contributed by atoms with Gasteiger partial charge in [0.25, 0.3) is 0 Å². The predicted octanol–water partition coefficient (Wildman–Crippen LogP) is 0.468. The zero-order valence-corrected chi connectivity index (χ0v) is 14.6. The first-order valence-electron chi connectivity index (χ1n) is 7.28. The van der Waals surface area contributed by atoms with Gasteiger partial charge in [-0.3, -0.25) is 9.59 Å². The van der Waals surface area contributed by atoms with Crippen LogP contribution in [0, 0.1) is 0 Å². The van der Waals surface area contributed by atoms with Crippen molar-refractivity contribution in [2.45, 2.75) is 37.8 Å². The fourth-order valence-electron chi connectivity index (χ4n) is 1.64. The van der Waals surface area contributed by atoms with E-state index in [1.54, 1.807) is 12.1 Å². The van der Waals surface area contributed by atoms with Crippen LogP contribution in [0.3, 0.4) is 0 Å². The van der Waals surface area contributed by atoms with Crippen molar-refractivity contribution in [3.8, 4) is 0 Å². The summed E-state index contributed by atoms with van der Waals surface area (Å²) in [5.74, 6) is -1.39. The highest BCUT2D eigenvalue weighted by Gasteiger charge is 2.17. The molecule has 7 nitrogen and oxygen atoms in total. The lowest BCUT2D eigenvalue weighted by Gasteiger charge is -2.12. The molecule has 128 valence electrons. The molecular weight excluding hydrogens is 318 g/mol. The van der Waals surface area contributed by atoms with Gasteiger partial charge in [-0.2, -0.15) is 0 Å². The number of rotatable bonds is 6. The van der Waals surface area contributed by atoms with Gasteiger partial charge in [0.05, 0.1) is 4.90 Å². The highest BCUT2D eigenvalue weighted by atomic mass is 32.2. The maximum Gasteiger partial charge on any atom is 0.309 e. The third kappa shape index (κ3) is 5.33. The normalized spacial score (nSPS) is 12.7. The summed E-state index contributed by atoms with van der Waals surface area (Å²) >= 11 is 0. The lowest BCUT2D eigenvalue weighted by atomic mass is 10.2. The Balaban J connectivity index is 2.63. The van der Waals surface area contributed by atoms with Crippen molar-refractivity contribution in [3.63, 3.8) is 0 Å². The van der Waals surface area contributed by atoms with E-state index >= 15 is 0 Å². The zero-order chi connectivity index (χ0) is 17.6. The van der Waals surface area contributed by atoms with Crippen molar-refractivity contribution in [2.24, 2.45) is 0 Å². The smallest absolute Gasteiger partial charge is 0.309 e. The van der Waals surface area contributed by atoms with Crippen molar-refractivity contribution >= 4 is 21.8 Å². The molecule has 1 rings (SSSR count). The third-order valence-corrected chi connectivity index (χ3v) is 5.18. The Kier molecular flexibility index (Phi) is 6.71. The molecule has 0 aliphatic heterocycles. The van der Waals surface area contributed by atoms with Gasteiger partial charge in [-0.1, -0.05) is 19.1 Å². The Morgan fingerprint density at radius 1 is 1.13 bits per heavy atom. The first kappa shape index (κ1) is 19.1. The van der Waals surface area contributed by atoms with E-state index in [1.165, 1.54) is 26.2 Å². The number of carbonyl (C=O) groups is 2. The largest absolute Gasteiger partial charge is 0.345 e. The van der Waals surface area contributed by atoms with Gasteiger partial charge in [-0.15, -0.1) is 0 Å². The van der Waals surface area contributed by atoms with Gasteiger partial charge in [0.15, 0.2) is 0 Å². The van der Waals surface area contributed by atoms with Crippen LogP contribution in [0.4, 0.5) is 0 Å². The van der Waals surface area contributed by atoms with E-state index in [2.05, 4.69) is 10.6 Å². The molecule has 0 unspecified atom stereocenters. The van der Waals surface area contributed by atoms with E-state index in [0.717, 1.165) is 10.7 Å². The van der Waals surface area contributed by atoms with Crippen LogP contribution in [-0.2, 0) is 26.2 Å². The number of nitrogens with one attached hydrogen (secondary N) is 2. The number of carbonyl (C=O) groups excluding carboxylic acids is 2. The van der Waals surface area contributed by atoms with Crippen molar-refractivity contribution in [3.05, 3.63) is 29.8 Å². The van der Waals surface area contributed by atoms with Crippen LogP contribution < -0.4 is 10.6 Å². The number of benzene rings is 1. The van der Waals surface area contributed by atoms with Crippen molar-refractivity contribution in [1.29, 1.82) is 0 Å². The molecule has 0 spiro atoms. The Morgan fingerprint density at radius 3 is 2.17 bits per heavy atom. The van der Waals surface area contributed by atoms with Crippen LogP contribution >= 0.6 is 0 Å². The molecule has 0 heterocycles. The maximum atomic E-state index is 11.9. The predicted molar refractivity (Wildman–Crippen MR) is 87.1 cm³/mol. The minimum absolute atomic E-state index is 0.0660. The third-order valence-electron chi connectivity index (χ3n) is 3.35. The van der Waals surface area contributed by atoms with Crippen LogP contribution in [0.25, 0.3) is 0 Å². The quantitative estimate of drug-likeness (QED) is 0.735. The van der Waals surface area contributed by atoms with Gasteiger partial charge in [0.1, 0.15) is 0 Å². The molecular formula is C15H23N3O4S. The number of nitrogens with zero attached hydrogens (tertiary/aromatic N) is 1. The summed E-state index contributed by atoms with van der Waals surface area (Å²) in [6, 6.07) is 6.07. The molecule has 0 saturated heterocycles. The maximum absolute atomic E-state index is 11.9. The van der Waals surface area contributed by atoms with Gasteiger partial charge in [0.2, 0.25) is 10.0 Å². The van der Waals surface area contributed by atoms with E-state index in [4.69, 9.17) is 0 Å². The van der Waals surface area contributed by atoms with E-state index in [9.17, 15) is 18.0 Å². The minimum atomic E-state index is -3.47. The molecule has 0 fully saturated rings. The highest BCUT2D eigenvalue weighted by Crippen LogP contribution is 2.13. The Bertz CT molecular complexity index is 654. The van der Waals surface area contributed by atoms with E-state index in [0.29, 0.717) is 5.56 Å². The molecule has 0 aliphatic rings. The average Bonchev–Trinajstić information content (AvgIpc) is 2.52. The first-order chi connectivity index (χ1) is 10.7. The number of hydrogen-bond acceptors (Lipinski definition) is 4. The molecule has 0 radical (unpaired) electrons. The molecule has 2 N–H and O–H groups in total. The summed E-state index contributed by atoms with van der Waals surface area (Å²) in [4.78, 5) is 23.4. The van der Waals surface area contributed by atoms with E-state index in [1.807, 2.05) is 13.8 Å². The molecule has 2 amide bonds. The van der Waals surface area contributed by atoms with Crippen molar-refractivity contribution < 1.29 is 18.0 Å². The average molecular weight is 341 g/mol. The Morgan fingerprint density at radius 2 is 1.70 bits per heavy atom. The van der Waals surface area contributed by atoms with Crippen LogP contribution in [0.5, 0.6) is 0 Å².